The summed E-state index contributed by atoms with van der Waals surface area (Å²) < 4.78 is -0.544. The van der Waals surface area contributed by atoms with Crippen molar-refractivity contribution in [2.75, 3.05) is 6.61 Å². The molecule has 0 radical (unpaired) electrons. The molecule has 0 aliphatic carbocycles. The van der Waals surface area contributed by atoms with Crippen LogP contribution in [0.3, 0.4) is 0 Å². The van der Waals surface area contributed by atoms with E-state index < -0.39 is 22.9 Å². The molecule has 0 spiro atoms. The van der Waals surface area contributed by atoms with Crippen LogP contribution in [-0.2, 0) is 16.0 Å². The Labute approximate surface area is 210 Å². The van der Waals surface area contributed by atoms with Crippen LogP contribution in [0, 0.1) is 5.92 Å². The summed E-state index contributed by atoms with van der Waals surface area (Å²) in [6.45, 7) is 7.57. The number of benzene rings is 2. The minimum absolute atomic E-state index is 0.0312. The molecule has 1 saturated heterocycles. The number of hydrogen-bond donors (Lipinski definition) is 3. The zero-order valence-electron chi connectivity index (χ0n) is 20.5. The summed E-state index contributed by atoms with van der Waals surface area (Å²) in [6, 6.07) is 15.0. The van der Waals surface area contributed by atoms with Crippen LogP contribution in [0.15, 0.2) is 54.6 Å². The monoisotopic (exact) mass is 495 g/mol. The van der Waals surface area contributed by atoms with Crippen LogP contribution < -0.4 is 10.6 Å². The van der Waals surface area contributed by atoms with E-state index in [9.17, 15) is 19.5 Å². The Hall–Kier alpha value is -2.84. The van der Waals surface area contributed by atoms with Crippen LogP contribution in [0.2, 0.25) is 0 Å². The molecule has 3 amide bonds. The van der Waals surface area contributed by atoms with E-state index in [1.165, 1.54) is 0 Å². The van der Waals surface area contributed by atoms with Gasteiger partial charge in [-0.25, -0.2) is 0 Å². The number of hydrogen-bond acceptors (Lipinski definition) is 5. The highest BCUT2D eigenvalue weighted by atomic mass is 32.2. The van der Waals surface area contributed by atoms with Gasteiger partial charge in [0.05, 0.1) is 12.6 Å². The van der Waals surface area contributed by atoms with Gasteiger partial charge in [0.25, 0.3) is 5.91 Å². The van der Waals surface area contributed by atoms with Crippen molar-refractivity contribution in [1.82, 2.24) is 15.5 Å². The fourth-order valence-electron chi connectivity index (χ4n) is 4.82. The van der Waals surface area contributed by atoms with Crippen molar-refractivity contribution < 1.29 is 19.5 Å². The Morgan fingerprint density at radius 1 is 1.06 bits per heavy atom. The molecule has 4 rings (SSSR count). The smallest absolute Gasteiger partial charge is 0.256 e. The van der Waals surface area contributed by atoms with Gasteiger partial charge in [-0.15, -0.1) is 11.8 Å². The first-order valence-corrected chi connectivity index (χ1v) is 12.9. The highest BCUT2D eigenvalue weighted by molar-refractivity contribution is 8.01. The molecule has 0 saturated carbocycles. The average Bonchev–Trinajstić information content (AvgIpc) is 3.26. The standard InChI is InChI=1S/C27H33N3O4S/c1-16(2)21(15-31)29-23(32)20(14-17-10-6-5-7-11-17)28-24(33)22-27(3,4)35-26-19-13-9-8-12-18(19)25(34)30(22)26/h5-13,16,20-22,26,31H,14-15H2,1-4H3,(H,28,33)(H,29,32)/t20-,21+,22+,26-/m0/s1. The van der Waals surface area contributed by atoms with Gasteiger partial charge in [-0.05, 0) is 37.0 Å². The van der Waals surface area contributed by atoms with Gasteiger partial charge >= 0.3 is 0 Å². The number of amides is 3. The highest BCUT2D eigenvalue weighted by Crippen LogP contribution is 2.56. The lowest BCUT2D eigenvalue weighted by molar-refractivity contribution is -0.132. The number of thioether (sulfide) groups is 1. The molecule has 2 aromatic rings. The zero-order chi connectivity index (χ0) is 25.3. The maximum atomic E-state index is 13.7. The number of carbonyl (C=O) groups excluding carboxylic acids is 3. The van der Waals surface area contributed by atoms with E-state index in [1.807, 2.05) is 76.2 Å². The zero-order valence-corrected chi connectivity index (χ0v) is 21.3. The number of aliphatic hydroxyl groups is 1. The lowest BCUT2D eigenvalue weighted by Gasteiger charge is -2.31. The number of aliphatic hydroxyl groups excluding tert-OH is 1. The molecule has 2 heterocycles. The lowest BCUT2D eigenvalue weighted by Crippen LogP contribution is -2.58. The Morgan fingerprint density at radius 2 is 1.71 bits per heavy atom. The van der Waals surface area contributed by atoms with Gasteiger partial charge in [-0.2, -0.15) is 0 Å². The number of fused-ring (bicyclic) bond motifs is 3. The van der Waals surface area contributed by atoms with Crippen LogP contribution >= 0.6 is 11.8 Å². The van der Waals surface area contributed by atoms with E-state index in [2.05, 4.69) is 10.6 Å². The average molecular weight is 496 g/mol. The number of nitrogens with zero attached hydrogens (tertiary/aromatic N) is 1. The summed E-state index contributed by atoms with van der Waals surface area (Å²) in [7, 11) is 0. The molecule has 8 heteroatoms. The van der Waals surface area contributed by atoms with Crippen molar-refractivity contribution in [3.05, 3.63) is 71.3 Å². The summed E-state index contributed by atoms with van der Waals surface area (Å²) in [4.78, 5) is 42.0. The highest BCUT2D eigenvalue weighted by Gasteiger charge is 2.57. The van der Waals surface area contributed by atoms with Crippen molar-refractivity contribution >= 4 is 29.5 Å². The summed E-state index contributed by atoms with van der Waals surface area (Å²) in [5, 5.41) is 15.3. The van der Waals surface area contributed by atoms with Crippen molar-refractivity contribution in [1.29, 1.82) is 0 Å². The van der Waals surface area contributed by atoms with Crippen molar-refractivity contribution in [2.24, 2.45) is 5.92 Å². The maximum absolute atomic E-state index is 13.7. The van der Waals surface area contributed by atoms with Gasteiger partial charge in [0.1, 0.15) is 17.5 Å². The Bertz CT molecular complexity index is 1100. The van der Waals surface area contributed by atoms with Gasteiger partial charge in [-0.1, -0.05) is 62.4 Å². The molecule has 3 N–H and O–H groups in total. The minimum atomic E-state index is -0.849. The molecule has 2 aliphatic rings. The third-order valence-corrected chi connectivity index (χ3v) is 8.32. The van der Waals surface area contributed by atoms with Crippen molar-refractivity contribution in [2.45, 2.75) is 62.4 Å². The van der Waals surface area contributed by atoms with Crippen molar-refractivity contribution in [3.8, 4) is 0 Å². The van der Waals surface area contributed by atoms with Crippen LogP contribution in [0.25, 0.3) is 0 Å². The van der Waals surface area contributed by atoms with E-state index in [4.69, 9.17) is 0 Å². The molecule has 186 valence electrons. The normalized spacial score (nSPS) is 21.9. The third kappa shape index (κ3) is 4.95. The second-order valence-electron chi connectivity index (χ2n) is 10.1. The molecular weight excluding hydrogens is 462 g/mol. The summed E-state index contributed by atoms with van der Waals surface area (Å²) in [6.07, 6.45) is 0.298. The quantitative estimate of drug-likeness (QED) is 0.523. The molecule has 0 aromatic heterocycles. The van der Waals surface area contributed by atoms with Crippen LogP contribution in [0.1, 0.15) is 54.6 Å². The molecule has 2 aromatic carbocycles. The number of rotatable bonds is 8. The molecule has 1 fully saturated rings. The van der Waals surface area contributed by atoms with Crippen LogP contribution in [0.4, 0.5) is 0 Å². The predicted molar refractivity (Wildman–Crippen MR) is 137 cm³/mol. The minimum Gasteiger partial charge on any atom is -0.394 e. The van der Waals surface area contributed by atoms with Gasteiger partial charge in [-0.3, -0.25) is 14.4 Å². The first kappa shape index (κ1) is 25.3. The first-order chi connectivity index (χ1) is 16.6. The van der Waals surface area contributed by atoms with E-state index >= 15 is 0 Å². The SMILES string of the molecule is CC(C)[C@@H](CO)NC(=O)[C@H](Cc1ccccc1)NC(=O)[C@H]1N2C(=O)c3ccccc3[C@@H]2SC1(C)C. The fraction of sp³-hybridized carbons (Fsp3) is 0.444. The van der Waals surface area contributed by atoms with Crippen LogP contribution in [-0.4, -0.2) is 57.2 Å². The van der Waals surface area contributed by atoms with Gasteiger partial charge < -0.3 is 20.6 Å². The Morgan fingerprint density at radius 3 is 2.37 bits per heavy atom. The topological polar surface area (TPSA) is 98.7 Å². The third-order valence-electron chi connectivity index (χ3n) is 6.79. The fourth-order valence-corrected chi connectivity index (χ4v) is 6.41. The number of carbonyl (C=O) groups is 3. The first-order valence-electron chi connectivity index (χ1n) is 12.0. The van der Waals surface area contributed by atoms with Crippen molar-refractivity contribution in [3.63, 3.8) is 0 Å². The molecule has 7 nitrogen and oxygen atoms in total. The molecule has 0 bridgehead atoms. The molecule has 2 aliphatic heterocycles. The summed E-state index contributed by atoms with van der Waals surface area (Å²) in [5.41, 5.74) is 2.45. The largest absolute Gasteiger partial charge is 0.394 e. The number of nitrogens with one attached hydrogen (secondary N) is 2. The van der Waals surface area contributed by atoms with E-state index in [0.29, 0.717) is 12.0 Å². The van der Waals surface area contributed by atoms with E-state index in [0.717, 1.165) is 11.1 Å². The van der Waals surface area contributed by atoms with Gasteiger partial charge in [0, 0.05) is 16.7 Å². The summed E-state index contributed by atoms with van der Waals surface area (Å²) >= 11 is 1.59. The predicted octanol–water partition coefficient (Wildman–Crippen LogP) is 2.90. The Kier molecular flexibility index (Phi) is 7.24. The van der Waals surface area contributed by atoms with Gasteiger partial charge in [0.15, 0.2) is 0 Å². The Balaban J connectivity index is 1.59. The maximum Gasteiger partial charge on any atom is 0.256 e. The lowest BCUT2D eigenvalue weighted by atomic mass is 9.98. The van der Waals surface area contributed by atoms with Gasteiger partial charge in [0.2, 0.25) is 11.8 Å². The summed E-state index contributed by atoms with van der Waals surface area (Å²) in [5.74, 6) is -0.838. The molecule has 4 atom stereocenters. The van der Waals surface area contributed by atoms with E-state index in [1.54, 1.807) is 22.7 Å². The second kappa shape index (κ2) is 10.0. The second-order valence-corrected chi connectivity index (χ2v) is 11.8. The van der Waals surface area contributed by atoms with E-state index in [-0.39, 0.29) is 35.6 Å². The molecular formula is C27H33N3O4S. The molecule has 0 unspecified atom stereocenters. The van der Waals surface area contributed by atoms with Crippen LogP contribution in [0.5, 0.6) is 0 Å². The molecule has 35 heavy (non-hydrogen) atoms.